The van der Waals surface area contributed by atoms with Crippen molar-refractivity contribution in [2.45, 2.75) is 129 Å². The van der Waals surface area contributed by atoms with Crippen LogP contribution in [0.15, 0.2) is 48.7 Å². The molecule has 4 aliphatic rings. The van der Waals surface area contributed by atoms with Gasteiger partial charge in [0.1, 0.15) is 42.0 Å². The number of hydrogen-bond acceptors (Lipinski definition) is 19. The summed E-state index contributed by atoms with van der Waals surface area (Å²) in [5, 5.41) is 13.7. The number of aromatic nitrogens is 1. The van der Waals surface area contributed by atoms with Crippen LogP contribution in [0.2, 0.25) is 0 Å². The lowest BCUT2D eigenvalue weighted by Gasteiger charge is -2.67. The fraction of sp³-hybridized carbons (Fsp3) is 0.578. The van der Waals surface area contributed by atoms with Crippen LogP contribution in [0.5, 0.6) is 0 Å². The minimum atomic E-state index is -2.87. The number of rotatable bonds is 9. The SMILES string of the molecule is CC(=O)OC[C@]12[C@H](OC(C)=O)[C@H](OC(=O)C(C)C)[C@@H]3[C@@H](OC(C)=O)[C@@]14O[C@@]3(C)COC(=O)c1cccnc1[C@@H](C)[C@H](C)C(=O)O[C@@H]([C@H](OC(C)=O)[C@@H]2OC(=O)c1ccccc1)[C@]4(C)O. The Hall–Kier alpha value is -5.95. The molecule has 1 spiro atoms. The van der Waals surface area contributed by atoms with E-state index in [1.807, 2.05) is 0 Å². The maximum atomic E-state index is 14.6. The van der Waals surface area contributed by atoms with Gasteiger partial charge in [-0.1, -0.05) is 45.9 Å². The summed E-state index contributed by atoms with van der Waals surface area (Å²) in [6, 6.07) is 10.3. The monoisotopic (exact) mass is 895 g/mol. The Labute approximate surface area is 368 Å². The molecule has 0 radical (unpaired) electrons. The molecule has 1 aromatic heterocycles. The summed E-state index contributed by atoms with van der Waals surface area (Å²) in [6.45, 7) is 10.7. The van der Waals surface area contributed by atoms with Crippen LogP contribution in [0, 0.1) is 23.2 Å². The second-order valence-corrected chi connectivity index (χ2v) is 17.5. The molecule has 19 nitrogen and oxygen atoms in total. The van der Waals surface area contributed by atoms with Gasteiger partial charge in [-0.25, -0.2) is 9.59 Å². The smallest absolute Gasteiger partial charge is 0.340 e. The zero-order chi connectivity index (χ0) is 47.3. The largest absolute Gasteiger partial charge is 0.465 e. The van der Waals surface area contributed by atoms with Crippen LogP contribution < -0.4 is 0 Å². The maximum Gasteiger partial charge on any atom is 0.340 e. The third-order valence-electron chi connectivity index (χ3n) is 12.8. The number of hydrogen-bond donors (Lipinski definition) is 1. The third-order valence-corrected chi connectivity index (χ3v) is 12.8. The van der Waals surface area contributed by atoms with Crippen molar-refractivity contribution in [2.24, 2.45) is 23.2 Å². The Morgan fingerprint density at radius 1 is 0.781 bits per heavy atom. The summed E-state index contributed by atoms with van der Waals surface area (Å²) < 4.78 is 56.1. The second-order valence-electron chi connectivity index (χ2n) is 17.5. The third kappa shape index (κ3) is 7.86. The van der Waals surface area contributed by atoms with Gasteiger partial charge in [0.15, 0.2) is 30.0 Å². The minimum absolute atomic E-state index is 0.0476. The van der Waals surface area contributed by atoms with Crippen molar-refractivity contribution < 1.29 is 86.1 Å². The van der Waals surface area contributed by atoms with Gasteiger partial charge in [0, 0.05) is 39.8 Å². The second kappa shape index (κ2) is 17.6. The van der Waals surface area contributed by atoms with Gasteiger partial charge in [0.05, 0.1) is 34.6 Å². The van der Waals surface area contributed by atoms with E-state index < -0.39 is 143 Å². The number of benzene rings is 1. The molecule has 1 aromatic carbocycles. The van der Waals surface area contributed by atoms with Crippen molar-refractivity contribution in [2.75, 3.05) is 13.2 Å². The van der Waals surface area contributed by atoms with Crippen LogP contribution in [0.25, 0.3) is 0 Å². The zero-order valence-corrected chi connectivity index (χ0v) is 37.1. The van der Waals surface area contributed by atoms with Gasteiger partial charge in [-0.05, 0) is 38.1 Å². The quantitative estimate of drug-likeness (QED) is 0.280. The van der Waals surface area contributed by atoms with Gasteiger partial charge < -0.3 is 47.7 Å². The molecule has 2 aliphatic heterocycles. The highest BCUT2D eigenvalue weighted by atomic mass is 16.7. The van der Waals surface area contributed by atoms with Crippen LogP contribution in [-0.4, -0.2) is 124 Å². The molecule has 64 heavy (non-hydrogen) atoms. The van der Waals surface area contributed by atoms with Crippen molar-refractivity contribution >= 4 is 47.8 Å². The molecule has 6 rings (SSSR count). The lowest BCUT2D eigenvalue weighted by Crippen LogP contribution is -2.89. The number of aliphatic hydroxyl groups is 1. The summed E-state index contributed by atoms with van der Waals surface area (Å²) in [5.41, 5.74) is -10.4. The van der Waals surface area contributed by atoms with Gasteiger partial charge in [0.2, 0.25) is 0 Å². The van der Waals surface area contributed by atoms with Crippen LogP contribution in [0.4, 0.5) is 0 Å². The van der Waals surface area contributed by atoms with Gasteiger partial charge in [0.25, 0.3) is 0 Å². The van der Waals surface area contributed by atoms with Crippen LogP contribution in [-0.2, 0) is 71.4 Å². The number of carbonyl (C=O) groups excluding carboxylic acids is 8. The van der Waals surface area contributed by atoms with E-state index >= 15 is 0 Å². The van der Waals surface area contributed by atoms with Gasteiger partial charge in [-0.15, -0.1) is 0 Å². The van der Waals surface area contributed by atoms with E-state index in [4.69, 9.17) is 42.6 Å². The zero-order valence-electron chi connectivity index (χ0n) is 37.1. The van der Waals surface area contributed by atoms with E-state index in [2.05, 4.69) is 4.98 Å². The van der Waals surface area contributed by atoms with E-state index in [-0.39, 0.29) is 16.8 Å². The molecule has 2 aromatic rings. The van der Waals surface area contributed by atoms with Crippen molar-refractivity contribution in [1.29, 1.82) is 0 Å². The molecular formula is C45H53NO18. The molecule has 346 valence electrons. The summed E-state index contributed by atoms with van der Waals surface area (Å²) in [7, 11) is 0. The molecule has 0 amide bonds. The fourth-order valence-electron chi connectivity index (χ4n) is 9.91. The highest BCUT2D eigenvalue weighted by Gasteiger charge is 2.92. The number of nitrogens with zero attached hydrogens (tertiary/aromatic N) is 1. The molecule has 3 fully saturated rings. The van der Waals surface area contributed by atoms with Crippen molar-refractivity contribution in [1.82, 2.24) is 4.98 Å². The van der Waals surface area contributed by atoms with Crippen LogP contribution >= 0.6 is 0 Å². The Kier molecular flexibility index (Phi) is 13.0. The Morgan fingerprint density at radius 3 is 1.98 bits per heavy atom. The van der Waals surface area contributed by atoms with E-state index in [1.54, 1.807) is 13.0 Å². The molecule has 19 heteroatoms. The predicted molar refractivity (Wildman–Crippen MR) is 214 cm³/mol. The predicted octanol–water partition coefficient (Wildman–Crippen LogP) is 2.96. The van der Waals surface area contributed by atoms with E-state index in [0.717, 1.165) is 34.6 Å². The first-order valence-electron chi connectivity index (χ1n) is 20.8. The number of carbonyl (C=O) groups is 8. The molecule has 2 saturated carbocycles. The Balaban J connectivity index is 1.82. The molecule has 2 aliphatic carbocycles. The summed E-state index contributed by atoms with van der Waals surface area (Å²) >= 11 is 0. The first-order chi connectivity index (χ1) is 29.9. The molecule has 13 atom stereocenters. The lowest BCUT2D eigenvalue weighted by atomic mass is 9.45. The molecule has 4 bridgehead atoms. The number of ether oxygens (including phenoxy) is 9. The first kappa shape index (κ1) is 47.5. The van der Waals surface area contributed by atoms with Crippen molar-refractivity contribution in [3.8, 4) is 0 Å². The van der Waals surface area contributed by atoms with Gasteiger partial charge >= 0.3 is 47.8 Å². The normalized spacial score (nSPS) is 35.3. The average molecular weight is 896 g/mol. The molecular weight excluding hydrogens is 842 g/mol. The highest BCUT2D eigenvalue weighted by Crippen LogP contribution is 2.70. The van der Waals surface area contributed by atoms with E-state index in [1.165, 1.54) is 70.3 Å². The molecule has 3 heterocycles. The fourth-order valence-corrected chi connectivity index (χ4v) is 9.91. The number of fused-ring (bicyclic) bond motifs is 5. The van der Waals surface area contributed by atoms with Crippen molar-refractivity contribution in [3.05, 3.63) is 65.5 Å². The molecule has 1 saturated heterocycles. The molecule has 1 N–H and O–H groups in total. The first-order valence-corrected chi connectivity index (χ1v) is 20.8. The van der Waals surface area contributed by atoms with E-state index in [0.29, 0.717) is 0 Å². The molecule has 0 unspecified atom stereocenters. The minimum Gasteiger partial charge on any atom is -0.465 e. The summed E-state index contributed by atoms with van der Waals surface area (Å²) in [6.07, 6.45) is -10.9. The van der Waals surface area contributed by atoms with Crippen molar-refractivity contribution in [3.63, 3.8) is 0 Å². The highest BCUT2D eigenvalue weighted by molar-refractivity contribution is 5.91. The summed E-state index contributed by atoms with van der Waals surface area (Å²) in [4.78, 5) is 115. The summed E-state index contributed by atoms with van der Waals surface area (Å²) in [5.74, 6) is -12.6. The van der Waals surface area contributed by atoms with Crippen LogP contribution in [0.3, 0.4) is 0 Å². The van der Waals surface area contributed by atoms with Crippen LogP contribution in [0.1, 0.15) is 102 Å². The standard InChI is InChI=1S/C45H53NO18/c1-21(2)38(51)61-32-30-34(59-26(7)49)45-43(10,55)35(62-39(52)23(4)22(3)31-29(17-14-18-46-31)41(54)57-19-42(30,9)64-45)33(58-25(6)48)37(63-40(53)28-15-12-11-13-16-28)44(45,20-56-24(5)47)36(32)60-27(8)50/h11-18,21-23,30,32-37,55H,19-20H2,1-10H3/t22-,23-,30+,32+,33-,34+,35-,36+,37-,42-,43-,44+,45-/m0/s1. The topological polar surface area (TPSA) is 253 Å². The average Bonchev–Trinajstić information content (AvgIpc) is 3.44. The van der Waals surface area contributed by atoms with Gasteiger partial charge in [-0.3, -0.25) is 33.8 Å². The number of pyridine rings is 1. The number of cyclic esters (lactones) is 1. The van der Waals surface area contributed by atoms with E-state index in [9.17, 15) is 43.5 Å². The van der Waals surface area contributed by atoms with Gasteiger partial charge in [-0.2, -0.15) is 0 Å². The Bertz CT molecular complexity index is 2210. The number of esters is 8. The Morgan fingerprint density at radius 2 is 1.39 bits per heavy atom. The maximum absolute atomic E-state index is 14.6. The lowest BCUT2D eigenvalue weighted by molar-refractivity contribution is -0.385.